The van der Waals surface area contributed by atoms with Crippen LogP contribution < -0.4 is 10.1 Å². The lowest BCUT2D eigenvalue weighted by Crippen LogP contribution is -2.15. The van der Waals surface area contributed by atoms with Gasteiger partial charge in [0.05, 0.1) is 17.7 Å². The molecular weight excluding hydrogens is 246 g/mol. The Morgan fingerprint density at radius 2 is 2.29 bits per heavy atom. The first-order valence-electron chi connectivity index (χ1n) is 4.39. The van der Waals surface area contributed by atoms with Crippen LogP contribution in [0.2, 0.25) is 0 Å². The SMILES string of the molecule is COc1cc(NCC(C)O)ccc1Br. The number of benzene rings is 1. The van der Waals surface area contributed by atoms with Crippen molar-refractivity contribution in [3.05, 3.63) is 22.7 Å². The van der Waals surface area contributed by atoms with Gasteiger partial charge in [0.1, 0.15) is 5.75 Å². The average Bonchev–Trinajstić information content (AvgIpc) is 2.16. The molecule has 0 spiro atoms. The molecular formula is C10H14BrNO2. The summed E-state index contributed by atoms with van der Waals surface area (Å²) < 4.78 is 6.06. The number of halogens is 1. The van der Waals surface area contributed by atoms with E-state index < -0.39 is 0 Å². The first-order valence-corrected chi connectivity index (χ1v) is 5.18. The third-order valence-corrected chi connectivity index (χ3v) is 2.41. The van der Waals surface area contributed by atoms with Gasteiger partial charge in [-0.25, -0.2) is 0 Å². The zero-order valence-corrected chi connectivity index (χ0v) is 9.84. The van der Waals surface area contributed by atoms with Gasteiger partial charge in [-0.05, 0) is 35.0 Å². The second-order valence-corrected chi connectivity index (χ2v) is 3.93. The highest BCUT2D eigenvalue weighted by molar-refractivity contribution is 9.10. The second kappa shape index (κ2) is 5.22. The molecule has 1 aromatic rings. The number of aliphatic hydroxyl groups is 1. The summed E-state index contributed by atoms with van der Waals surface area (Å²) in [5, 5.41) is 12.2. The lowest BCUT2D eigenvalue weighted by atomic mass is 10.3. The van der Waals surface area contributed by atoms with Crippen molar-refractivity contribution in [3.8, 4) is 5.75 Å². The fourth-order valence-corrected chi connectivity index (χ4v) is 1.44. The summed E-state index contributed by atoms with van der Waals surface area (Å²) >= 11 is 3.37. The molecule has 0 aromatic heterocycles. The van der Waals surface area contributed by atoms with Gasteiger partial charge in [0.25, 0.3) is 0 Å². The van der Waals surface area contributed by atoms with E-state index in [0.29, 0.717) is 6.54 Å². The van der Waals surface area contributed by atoms with E-state index in [-0.39, 0.29) is 6.10 Å². The van der Waals surface area contributed by atoms with Gasteiger partial charge in [-0.3, -0.25) is 0 Å². The fourth-order valence-electron chi connectivity index (χ4n) is 1.04. The Morgan fingerprint density at radius 1 is 1.57 bits per heavy atom. The van der Waals surface area contributed by atoms with E-state index in [0.717, 1.165) is 15.9 Å². The highest BCUT2D eigenvalue weighted by Crippen LogP contribution is 2.27. The summed E-state index contributed by atoms with van der Waals surface area (Å²) in [6, 6.07) is 5.71. The van der Waals surface area contributed by atoms with E-state index in [1.165, 1.54) is 0 Å². The maximum Gasteiger partial charge on any atom is 0.135 e. The highest BCUT2D eigenvalue weighted by Gasteiger charge is 2.01. The van der Waals surface area contributed by atoms with Crippen LogP contribution in [0.3, 0.4) is 0 Å². The molecule has 0 bridgehead atoms. The Labute approximate surface area is 92.2 Å². The second-order valence-electron chi connectivity index (χ2n) is 3.08. The molecule has 0 saturated carbocycles. The fraction of sp³-hybridized carbons (Fsp3) is 0.400. The monoisotopic (exact) mass is 259 g/mol. The van der Waals surface area contributed by atoms with Crippen LogP contribution in [0, 0.1) is 0 Å². The number of hydrogen-bond donors (Lipinski definition) is 2. The lowest BCUT2D eigenvalue weighted by Gasteiger charge is -2.10. The number of hydrogen-bond acceptors (Lipinski definition) is 3. The number of ether oxygens (including phenoxy) is 1. The lowest BCUT2D eigenvalue weighted by molar-refractivity contribution is 0.208. The van der Waals surface area contributed by atoms with Crippen LogP contribution in [0.4, 0.5) is 5.69 Å². The molecule has 0 aliphatic rings. The van der Waals surface area contributed by atoms with Crippen molar-refractivity contribution < 1.29 is 9.84 Å². The number of rotatable bonds is 4. The Morgan fingerprint density at radius 3 is 2.86 bits per heavy atom. The number of aliphatic hydroxyl groups excluding tert-OH is 1. The summed E-state index contributed by atoms with van der Waals surface area (Å²) in [4.78, 5) is 0. The summed E-state index contributed by atoms with van der Waals surface area (Å²) in [5.74, 6) is 0.778. The summed E-state index contributed by atoms with van der Waals surface area (Å²) in [6.07, 6.45) is -0.357. The molecule has 0 aliphatic heterocycles. The zero-order chi connectivity index (χ0) is 10.6. The molecule has 4 heteroatoms. The minimum Gasteiger partial charge on any atom is -0.495 e. The van der Waals surface area contributed by atoms with Crippen LogP contribution in [0.15, 0.2) is 22.7 Å². The molecule has 14 heavy (non-hydrogen) atoms. The van der Waals surface area contributed by atoms with Gasteiger partial charge in [-0.15, -0.1) is 0 Å². The maximum atomic E-state index is 9.09. The normalized spacial score (nSPS) is 12.3. The van der Waals surface area contributed by atoms with Crippen molar-refractivity contribution in [1.29, 1.82) is 0 Å². The molecule has 1 atom stereocenters. The Balaban J connectivity index is 2.69. The Bertz CT molecular complexity index is 302. The van der Waals surface area contributed by atoms with Crippen LogP contribution >= 0.6 is 15.9 Å². The van der Waals surface area contributed by atoms with Gasteiger partial charge in [0, 0.05) is 18.3 Å². The van der Waals surface area contributed by atoms with E-state index in [1.54, 1.807) is 14.0 Å². The molecule has 78 valence electrons. The largest absolute Gasteiger partial charge is 0.495 e. The van der Waals surface area contributed by atoms with Gasteiger partial charge < -0.3 is 15.2 Å². The molecule has 1 aromatic carbocycles. The molecule has 0 fully saturated rings. The standard InChI is InChI=1S/C10H14BrNO2/c1-7(13)6-12-8-3-4-9(11)10(5-8)14-2/h3-5,7,12-13H,6H2,1-2H3. The molecule has 0 aliphatic carbocycles. The Hall–Kier alpha value is -0.740. The highest BCUT2D eigenvalue weighted by atomic mass is 79.9. The van der Waals surface area contributed by atoms with E-state index in [9.17, 15) is 0 Å². The third kappa shape index (κ3) is 3.20. The topological polar surface area (TPSA) is 41.5 Å². The predicted octanol–water partition coefficient (Wildman–Crippen LogP) is 2.25. The van der Waals surface area contributed by atoms with Crippen LogP contribution in [0.25, 0.3) is 0 Å². The van der Waals surface area contributed by atoms with Crippen LogP contribution in [-0.4, -0.2) is 24.9 Å². The molecule has 0 amide bonds. The van der Waals surface area contributed by atoms with Crippen molar-refractivity contribution in [3.63, 3.8) is 0 Å². The molecule has 1 rings (SSSR count). The van der Waals surface area contributed by atoms with Gasteiger partial charge in [-0.1, -0.05) is 0 Å². The van der Waals surface area contributed by atoms with E-state index in [2.05, 4.69) is 21.2 Å². The number of nitrogens with one attached hydrogen (secondary N) is 1. The zero-order valence-electron chi connectivity index (χ0n) is 8.25. The van der Waals surface area contributed by atoms with Crippen molar-refractivity contribution in [2.75, 3.05) is 19.0 Å². The van der Waals surface area contributed by atoms with Crippen LogP contribution in [0.1, 0.15) is 6.92 Å². The van der Waals surface area contributed by atoms with E-state index in [4.69, 9.17) is 9.84 Å². The molecule has 0 radical (unpaired) electrons. The minimum atomic E-state index is -0.357. The van der Waals surface area contributed by atoms with Crippen molar-refractivity contribution in [2.45, 2.75) is 13.0 Å². The minimum absolute atomic E-state index is 0.357. The van der Waals surface area contributed by atoms with Crippen molar-refractivity contribution in [1.82, 2.24) is 0 Å². The quantitative estimate of drug-likeness (QED) is 0.872. The first kappa shape index (κ1) is 11.3. The van der Waals surface area contributed by atoms with Crippen molar-refractivity contribution in [2.24, 2.45) is 0 Å². The van der Waals surface area contributed by atoms with Gasteiger partial charge in [0.2, 0.25) is 0 Å². The smallest absolute Gasteiger partial charge is 0.135 e. The Kier molecular flexibility index (Phi) is 4.22. The third-order valence-electron chi connectivity index (χ3n) is 1.75. The van der Waals surface area contributed by atoms with Crippen molar-refractivity contribution >= 4 is 21.6 Å². The molecule has 0 heterocycles. The van der Waals surface area contributed by atoms with Crippen LogP contribution in [0.5, 0.6) is 5.75 Å². The number of anilines is 1. The van der Waals surface area contributed by atoms with Gasteiger partial charge >= 0.3 is 0 Å². The van der Waals surface area contributed by atoms with Gasteiger partial charge in [0.15, 0.2) is 0 Å². The molecule has 2 N–H and O–H groups in total. The van der Waals surface area contributed by atoms with E-state index in [1.807, 2.05) is 18.2 Å². The first-order chi connectivity index (χ1) is 6.63. The molecule has 3 nitrogen and oxygen atoms in total. The molecule has 0 saturated heterocycles. The summed E-state index contributed by atoms with van der Waals surface area (Å²) in [5.41, 5.74) is 0.936. The number of methoxy groups -OCH3 is 1. The molecule has 1 unspecified atom stereocenters. The summed E-state index contributed by atoms with van der Waals surface area (Å²) in [6.45, 7) is 2.27. The average molecular weight is 260 g/mol. The van der Waals surface area contributed by atoms with E-state index >= 15 is 0 Å². The van der Waals surface area contributed by atoms with Crippen LogP contribution in [-0.2, 0) is 0 Å². The predicted molar refractivity (Wildman–Crippen MR) is 60.9 cm³/mol. The maximum absolute atomic E-state index is 9.09. The summed E-state index contributed by atoms with van der Waals surface area (Å²) in [7, 11) is 1.62. The van der Waals surface area contributed by atoms with Gasteiger partial charge in [-0.2, -0.15) is 0 Å².